The van der Waals surface area contributed by atoms with E-state index in [0.717, 1.165) is 42.8 Å². The van der Waals surface area contributed by atoms with E-state index in [2.05, 4.69) is 21.6 Å². The molecular weight excluding hydrogens is 341 g/mol. The smallest absolute Gasteiger partial charge is 0.257 e. The van der Waals surface area contributed by atoms with Gasteiger partial charge in [-0.2, -0.15) is 4.98 Å². The van der Waals surface area contributed by atoms with Crippen molar-refractivity contribution < 1.29 is 14.4 Å². The maximum absolute atomic E-state index is 10.5. The molecule has 27 heavy (non-hydrogen) atoms. The van der Waals surface area contributed by atoms with Crippen LogP contribution >= 0.6 is 0 Å². The van der Waals surface area contributed by atoms with Crippen molar-refractivity contribution in [2.24, 2.45) is 5.92 Å². The Morgan fingerprint density at radius 2 is 2.15 bits per heavy atom. The maximum atomic E-state index is 10.5. The molecule has 2 unspecified atom stereocenters. The predicted molar refractivity (Wildman–Crippen MR) is 104 cm³/mol. The second kappa shape index (κ2) is 8.27. The van der Waals surface area contributed by atoms with E-state index in [1.54, 1.807) is 6.92 Å². The number of benzene rings is 1. The minimum atomic E-state index is -0.291. The number of hydrogen-bond donors (Lipinski definition) is 1. The molecule has 4 heterocycles. The number of aryl methyl sites for hydroxylation is 1. The van der Waals surface area contributed by atoms with Crippen LogP contribution in [0.5, 0.6) is 5.75 Å². The highest BCUT2D eigenvalue weighted by Gasteiger charge is 2.41. The third-order valence-electron chi connectivity index (χ3n) is 5.53. The zero-order valence-corrected chi connectivity index (χ0v) is 15.7. The standard InChI is InChI=1S/C20H25N3O3.B/c1-3-4-15-11-16(20-21-13(2)22-26-20)5-6-18(15)25-12-17-19(24)14-7-9-23(17)10-8-14;/h3,5-6,11,14,17,19,24H,1,4,7-10,12H2,2H3;. The van der Waals surface area contributed by atoms with Crippen LogP contribution in [0.15, 0.2) is 35.4 Å². The Kier molecular flexibility index (Phi) is 6.02. The maximum Gasteiger partial charge on any atom is 0.257 e. The molecule has 3 radical (unpaired) electrons. The average Bonchev–Trinajstić information content (AvgIpc) is 3.09. The van der Waals surface area contributed by atoms with Crippen LogP contribution in [0, 0.1) is 12.8 Å². The molecule has 5 rings (SSSR count). The van der Waals surface area contributed by atoms with Gasteiger partial charge in [0.25, 0.3) is 5.89 Å². The number of fused-ring (bicyclic) bond motifs is 3. The van der Waals surface area contributed by atoms with Gasteiger partial charge in [0.05, 0.1) is 12.1 Å². The Morgan fingerprint density at radius 3 is 2.78 bits per heavy atom. The minimum Gasteiger partial charge on any atom is -0.492 e. The van der Waals surface area contributed by atoms with E-state index < -0.39 is 0 Å². The summed E-state index contributed by atoms with van der Waals surface area (Å²) < 4.78 is 11.4. The van der Waals surface area contributed by atoms with Crippen molar-refractivity contribution >= 4 is 8.41 Å². The number of hydrogen-bond acceptors (Lipinski definition) is 6. The fraction of sp³-hybridized carbons (Fsp3) is 0.500. The van der Waals surface area contributed by atoms with Gasteiger partial charge in [-0.1, -0.05) is 11.2 Å². The third kappa shape index (κ3) is 3.94. The Hall–Kier alpha value is -2.12. The lowest BCUT2D eigenvalue weighted by molar-refractivity contribution is -0.0850. The Balaban J connectivity index is 0.00000210. The van der Waals surface area contributed by atoms with Gasteiger partial charge in [0, 0.05) is 14.0 Å². The number of piperidine rings is 3. The normalized spacial score (nSPS) is 26.4. The highest BCUT2D eigenvalue weighted by atomic mass is 16.5. The molecule has 141 valence electrons. The molecule has 1 aromatic carbocycles. The lowest BCUT2D eigenvalue weighted by Gasteiger charge is -2.48. The molecule has 2 atom stereocenters. The molecule has 0 amide bonds. The summed E-state index contributed by atoms with van der Waals surface area (Å²) in [5, 5.41) is 14.4. The van der Waals surface area contributed by atoms with Crippen molar-refractivity contribution in [3.05, 3.63) is 42.2 Å². The molecule has 1 aromatic heterocycles. The fourth-order valence-corrected chi connectivity index (χ4v) is 4.08. The number of allylic oxidation sites excluding steroid dienone is 1. The molecule has 2 aromatic rings. The molecule has 7 heteroatoms. The van der Waals surface area contributed by atoms with Crippen LogP contribution in [0.2, 0.25) is 0 Å². The van der Waals surface area contributed by atoms with Crippen molar-refractivity contribution in [1.82, 2.24) is 15.0 Å². The second-order valence-corrected chi connectivity index (χ2v) is 7.20. The van der Waals surface area contributed by atoms with Gasteiger partial charge in [0.15, 0.2) is 5.82 Å². The molecule has 0 saturated carbocycles. The number of aliphatic hydroxyl groups excluding tert-OH is 1. The average molecular weight is 366 g/mol. The van der Waals surface area contributed by atoms with Gasteiger partial charge < -0.3 is 14.4 Å². The highest BCUT2D eigenvalue weighted by Crippen LogP contribution is 2.33. The number of aliphatic hydroxyl groups is 1. The van der Waals surface area contributed by atoms with Crippen molar-refractivity contribution in [1.29, 1.82) is 0 Å². The Labute approximate surface area is 161 Å². The van der Waals surface area contributed by atoms with Gasteiger partial charge in [-0.3, -0.25) is 4.90 Å². The van der Waals surface area contributed by atoms with Gasteiger partial charge in [-0.05, 0) is 69.0 Å². The molecule has 3 aliphatic heterocycles. The van der Waals surface area contributed by atoms with Gasteiger partial charge in [-0.25, -0.2) is 0 Å². The molecule has 1 N–H and O–H groups in total. The molecule has 3 saturated heterocycles. The summed E-state index contributed by atoms with van der Waals surface area (Å²) in [6.07, 6.45) is 4.44. The van der Waals surface area contributed by atoms with Gasteiger partial charge in [0.2, 0.25) is 0 Å². The topological polar surface area (TPSA) is 71.6 Å². The SMILES string of the molecule is C=CCc1cc(-c2nc(C)no2)ccc1OCC1C(O)C2CCN1CC2.[B]. The van der Waals surface area contributed by atoms with E-state index in [1.165, 1.54) is 0 Å². The first-order valence-electron chi connectivity index (χ1n) is 9.25. The lowest BCUT2D eigenvalue weighted by Crippen LogP contribution is -2.59. The van der Waals surface area contributed by atoms with E-state index in [1.807, 2.05) is 24.3 Å². The van der Waals surface area contributed by atoms with Crippen LogP contribution in [-0.4, -0.2) is 60.4 Å². The van der Waals surface area contributed by atoms with Gasteiger partial charge in [-0.15, -0.1) is 6.58 Å². The van der Waals surface area contributed by atoms with Crippen LogP contribution in [0.4, 0.5) is 0 Å². The van der Waals surface area contributed by atoms with Crippen molar-refractivity contribution in [3.8, 4) is 17.2 Å². The van der Waals surface area contributed by atoms with Crippen LogP contribution in [-0.2, 0) is 6.42 Å². The summed E-state index contributed by atoms with van der Waals surface area (Å²) in [5.41, 5.74) is 1.90. The lowest BCUT2D eigenvalue weighted by atomic mass is 9.81. The summed E-state index contributed by atoms with van der Waals surface area (Å²) in [5.74, 6) is 2.36. The molecule has 3 aliphatic rings. The molecule has 2 bridgehead atoms. The summed E-state index contributed by atoms with van der Waals surface area (Å²) in [4.78, 5) is 6.64. The number of ether oxygens (including phenoxy) is 1. The van der Waals surface area contributed by atoms with Gasteiger partial charge in [0.1, 0.15) is 12.4 Å². The van der Waals surface area contributed by atoms with E-state index in [4.69, 9.17) is 9.26 Å². The largest absolute Gasteiger partial charge is 0.492 e. The highest BCUT2D eigenvalue weighted by molar-refractivity contribution is 5.75. The first kappa shape index (κ1) is 19.6. The quantitative estimate of drug-likeness (QED) is 0.625. The number of nitrogens with zero attached hydrogens (tertiary/aromatic N) is 3. The third-order valence-corrected chi connectivity index (χ3v) is 5.53. The van der Waals surface area contributed by atoms with E-state index in [-0.39, 0.29) is 20.6 Å². The summed E-state index contributed by atoms with van der Waals surface area (Å²) >= 11 is 0. The fourth-order valence-electron chi connectivity index (χ4n) is 4.08. The summed E-state index contributed by atoms with van der Waals surface area (Å²) in [7, 11) is 0. The molecule has 6 nitrogen and oxygen atoms in total. The van der Waals surface area contributed by atoms with Crippen molar-refractivity contribution in [2.75, 3.05) is 19.7 Å². The molecule has 0 spiro atoms. The van der Waals surface area contributed by atoms with Crippen LogP contribution in [0.1, 0.15) is 24.2 Å². The molecule has 0 aliphatic carbocycles. The Morgan fingerprint density at radius 1 is 1.37 bits per heavy atom. The van der Waals surface area contributed by atoms with Crippen molar-refractivity contribution in [2.45, 2.75) is 38.3 Å². The van der Waals surface area contributed by atoms with E-state index in [0.29, 0.717) is 30.7 Å². The van der Waals surface area contributed by atoms with Gasteiger partial charge >= 0.3 is 0 Å². The van der Waals surface area contributed by atoms with E-state index in [9.17, 15) is 5.11 Å². The minimum absolute atomic E-state index is 0. The first-order chi connectivity index (χ1) is 12.7. The van der Waals surface area contributed by atoms with E-state index >= 15 is 0 Å². The zero-order chi connectivity index (χ0) is 18.1. The van der Waals surface area contributed by atoms with Crippen LogP contribution in [0.25, 0.3) is 11.5 Å². The van der Waals surface area contributed by atoms with Crippen LogP contribution < -0.4 is 4.74 Å². The number of aromatic nitrogens is 2. The molecule has 3 fully saturated rings. The van der Waals surface area contributed by atoms with Crippen LogP contribution in [0.3, 0.4) is 0 Å². The van der Waals surface area contributed by atoms with Crippen molar-refractivity contribution in [3.63, 3.8) is 0 Å². The first-order valence-corrected chi connectivity index (χ1v) is 9.25. The predicted octanol–water partition coefficient (Wildman–Crippen LogP) is 2.23. The monoisotopic (exact) mass is 366 g/mol. The number of rotatable bonds is 6. The summed E-state index contributed by atoms with van der Waals surface area (Å²) in [6.45, 7) is 8.26. The zero-order valence-electron chi connectivity index (χ0n) is 15.7. The Bertz CT molecular complexity index is 785. The molecular formula is C20H25BN3O3. The summed E-state index contributed by atoms with van der Waals surface area (Å²) in [6, 6.07) is 5.96. The second-order valence-electron chi connectivity index (χ2n) is 7.20.